The van der Waals surface area contributed by atoms with E-state index in [0.717, 1.165) is 29.9 Å². The molecule has 1 atom stereocenters. The monoisotopic (exact) mass is 290 g/mol. The molecule has 0 saturated carbocycles. The van der Waals surface area contributed by atoms with Crippen molar-refractivity contribution in [1.82, 2.24) is 4.90 Å². The molecule has 0 aliphatic carbocycles. The summed E-state index contributed by atoms with van der Waals surface area (Å²) in [5.41, 5.74) is 8.81. The number of oxime groups is 1. The van der Waals surface area contributed by atoms with Crippen LogP contribution in [0.25, 0.3) is 0 Å². The number of rotatable bonds is 5. The molecule has 3 N–H and O–H groups in total. The van der Waals surface area contributed by atoms with Gasteiger partial charge in [-0.05, 0) is 44.5 Å². The standard InChI is InChI=1S/C16H26N4O/c1-4-20-10-6-8-13(20)11-19(3)15-12(2)7-5-9-14(15)16(17)18-21/h5,7,9,13,21H,4,6,8,10-11H2,1-3H3,(H2,17,18). The zero-order valence-electron chi connectivity index (χ0n) is 13.2. The number of hydrogen-bond donors (Lipinski definition) is 2. The Kier molecular flexibility index (Phi) is 5.07. The van der Waals surface area contributed by atoms with Crippen LogP contribution >= 0.6 is 0 Å². The molecular formula is C16H26N4O. The van der Waals surface area contributed by atoms with Crippen LogP contribution in [-0.2, 0) is 0 Å². The van der Waals surface area contributed by atoms with Gasteiger partial charge < -0.3 is 15.8 Å². The molecule has 0 spiro atoms. The molecule has 1 aliphatic rings. The van der Waals surface area contributed by atoms with Crippen molar-refractivity contribution in [2.75, 3.05) is 31.6 Å². The van der Waals surface area contributed by atoms with E-state index < -0.39 is 0 Å². The van der Waals surface area contributed by atoms with E-state index in [4.69, 9.17) is 10.9 Å². The lowest BCUT2D eigenvalue weighted by Crippen LogP contribution is -2.39. The Hall–Kier alpha value is -1.75. The van der Waals surface area contributed by atoms with Crippen molar-refractivity contribution in [3.8, 4) is 0 Å². The van der Waals surface area contributed by atoms with Gasteiger partial charge in [-0.1, -0.05) is 24.2 Å². The Bertz CT molecular complexity index is 515. The van der Waals surface area contributed by atoms with Crippen molar-refractivity contribution in [1.29, 1.82) is 0 Å². The molecule has 0 radical (unpaired) electrons. The summed E-state index contributed by atoms with van der Waals surface area (Å²) in [6.45, 7) is 7.53. The van der Waals surface area contributed by atoms with Crippen molar-refractivity contribution in [3.63, 3.8) is 0 Å². The molecule has 0 aromatic heterocycles. The molecule has 5 heteroatoms. The molecule has 1 aliphatic heterocycles. The van der Waals surface area contributed by atoms with Crippen molar-refractivity contribution < 1.29 is 5.21 Å². The first-order valence-corrected chi connectivity index (χ1v) is 7.61. The van der Waals surface area contributed by atoms with Gasteiger partial charge in [-0.3, -0.25) is 4.90 Å². The molecule has 1 saturated heterocycles. The van der Waals surface area contributed by atoms with Crippen molar-refractivity contribution in [3.05, 3.63) is 29.3 Å². The largest absolute Gasteiger partial charge is 0.409 e. The highest BCUT2D eigenvalue weighted by atomic mass is 16.4. The van der Waals surface area contributed by atoms with Gasteiger partial charge in [0.2, 0.25) is 0 Å². The van der Waals surface area contributed by atoms with E-state index in [1.165, 1.54) is 19.4 Å². The molecule has 2 rings (SSSR count). The number of amidine groups is 1. The lowest BCUT2D eigenvalue weighted by molar-refractivity contribution is 0.270. The van der Waals surface area contributed by atoms with E-state index in [1.54, 1.807) is 0 Å². The lowest BCUT2D eigenvalue weighted by Gasteiger charge is -2.31. The van der Waals surface area contributed by atoms with Crippen LogP contribution in [0, 0.1) is 6.92 Å². The third-order valence-electron chi connectivity index (χ3n) is 4.39. The van der Waals surface area contributed by atoms with Crippen LogP contribution in [-0.4, -0.2) is 48.7 Å². The summed E-state index contributed by atoms with van der Waals surface area (Å²) >= 11 is 0. The van der Waals surface area contributed by atoms with Gasteiger partial charge in [0, 0.05) is 25.2 Å². The van der Waals surface area contributed by atoms with Crippen LogP contribution < -0.4 is 10.6 Å². The minimum Gasteiger partial charge on any atom is -0.409 e. The Balaban J connectivity index is 2.24. The number of nitrogens with two attached hydrogens (primary N) is 1. The summed E-state index contributed by atoms with van der Waals surface area (Å²) in [6.07, 6.45) is 2.51. The Morgan fingerprint density at radius 1 is 1.52 bits per heavy atom. The normalized spacial score (nSPS) is 20.0. The maximum Gasteiger partial charge on any atom is 0.172 e. The molecule has 0 bridgehead atoms. The first-order chi connectivity index (χ1) is 10.1. The maximum absolute atomic E-state index is 8.99. The van der Waals surface area contributed by atoms with E-state index in [9.17, 15) is 0 Å². The number of likely N-dealkylation sites (N-methyl/N-ethyl adjacent to an activating group) is 2. The second-order valence-corrected chi connectivity index (χ2v) is 5.76. The quantitative estimate of drug-likeness (QED) is 0.377. The van der Waals surface area contributed by atoms with Gasteiger partial charge >= 0.3 is 0 Å². The molecule has 0 amide bonds. The maximum atomic E-state index is 8.99. The van der Waals surface area contributed by atoms with E-state index in [0.29, 0.717) is 6.04 Å². The third-order valence-corrected chi connectivity index (χ3v) is 4.39. The average Bonchev–Trinajstić information content (AvgIpc) is 2.93. The third kappa shape index (κ3) is 3.29. The molecule has 116 valence electrons. The average molecular weight is 290 g/mol. The summed E-state index contributed by atoms with van der Waals surface area (Å²) < 4.78 is 0. The summed E-state index contributed by atoms with van der Waals surface area (Å²) in [7, 11) is 2.09. The fourth-order valence-corrected chi connectivity index (χ4v) is 3.35. The van der Waals surface area contributed by atoms with Gasteiger partial charge in [-0.15, -0.1) is 0 Å². The summed E-state index contributed by atoms with van der Waals surface area (Å²) in [6, 6.07) is 6.49. The van der Waals surface area contributed by atoms with Crippen LogP contribution in [0.5, 0.6) is 0 Å². The van der Waals surface area contributed by atoms with E-state index >= 15 is 0 Å². The number of aryl methyl sites for hydroxylation is 1. The second-order valence-electron chi connectivity index (χ2n) is 5.76. The number of para-hydroxylation sites is 1. The van der Waals surface area contributed by atoms with Gasteiger partial charge in [-0.2, -0.15) is 0 Å². The first-order valence-electron chi connectivity index (χ1n) is 7.61. The Morgan fingerprint density at radius 2 is 2.29 bits per heavy atom. The molecule has 1 aromatic carbocycles. The topological polar surface area (TPSA) is 65.1 Å². The molecule has 21 heavy (non-hydrogen) atoms. The van der Waals surface area contributed by atoms with Crippen molar-refractivity contribution in [2.45, 2.75) is 32.7 Å². The Labute approximate surface area is 127 Å². The molecule has 1 unspecified atom stereocenters. The fourth-order valence-electron chi connectivity index (χ4n) is 3.35. The van der Waals surface area contributed by atoms with E-state index in [1.807, 2.05) is 12.1 Å². The van der Waals surface area contributed by atoms with Crippen LogP contribution in [0.4, 0.5) is 5.69 Å². The zero-order valence-corrected chi connectivity index (χ0v) is 13.2. The second kappa shape index (κ2) is 6.80. The Morgan fingerprint density at radius 3 is 2.95 bits per heavy atom. The SMILES string of the molecule is CCN1CCCC1CN(C)c1c(C)cccc1/C(N)=N/O. The smallest absolute Gasteiger partial charge is 0.172 e. The van der Waals surface area contributed by atoms with Crippen molar-refractivity contribution in [2.24, 2.45) is 10.9 Å². The number of likely N-dealkylation sites (tertiary alicyclic amines) is 1. The van der Waals surface area contributed by atoms with Crippen LogP contribution in [0.15, 0.2) is 23.4 Å². The predicted octanol–water partition coefficient (Wildman–Crippen LogP) is 2.01. The highest BCUT2D eigenvalue weighted by molar-refractivity contribution is 6.02. The molecular weight excluding hydrogens is 264 g/mol. The van der Waals surface area contributed by atoms with Gasteiger partial charge in [0.25, 0.3) is 0 Å². The molecule has 1 aromatic rings. The highest BCUT2D eigenvalue weighted by Gasteiger charge is 2.25. The molecule has 5 nitrogen and oxygen atoms in total. The minimum absolute atomic E-state index is 0.166. The van der Waals surface area contributed by atoms with Crippen LogP contribution in [0.1, 0.15) is 30.9 Å². The number of nitrogens with zero attached hydrogens (tertiary/aromatic N) is 3. The van der Waals surface area contributed by atoms with Crippen LogP contribution in [0.3, 0.4) is 0 Å². The van der Waals surface area contributed by atoms with Gasteiger partial charge in [0.1, 0.15) is 0 Å². The van der Waals surface area contributed by atoms with Crippen molar-refractivity contribution >= 4 is 11.5 Å². The van der Waals surface area contributed by atoms with Gasteiger partial charge in [-0.25, -0.2) is 0 Å². The number of anilines is 1. The molecule has 1 fully saturated rings. The van der Waals surface area contributed by atoms with E-state index in [2.05, 4.69) is 41.9 Å². The number of hydrogen-bond acceptors (Lipinski definition) is 4. The first kappa shape index (κ1) is 15.6. The molecule has 1 heterocycles. The fraction of sp³-hybridized carbons (Fsp3) is 0.562. The van der Waals surface area contributed by atoms with Gasteiger partial charge in [0.05, 0.1) is 5.69 Å². The predicted molar refractivity (Wildman–Crippen MR) is 87.2 cm³/mol. The lowest BCUT2D eigenvalue weighted by atomic mass is 10.1. The zero-order chi connectivity index (χ0) is 15.4. The number of benzene rings is 1. The van der Waals surface area contributed by atoms with E-state index in [-0.39, 0.29) is 5.84 Å². The summed E-state index contributed by atoms with van der Waals surface area (Å²) in [5.74, 6) is 0.166. The highest BCUT2D eigenvalue weighted by Crippen LogP contribution is 2.26. The summed E-state index contributed by atoms with van der Waals surface area (Å²) in [4.78, 5) is 4.76. The van der Waals surface area contributed by atoms with Gasteiger partial charge in [0.15, 0.2) is 5.84 Å². The van der Waals surface area contributed by atoms with Crippen LogP contribution in [0.2, 0.25) is 0 Å². The summed E-state index contributed by atoms with van der Waals surface area (Å²) in [5, 5.41) is 12.1. The minimum atomic E-state index is 0.166.